The zero-order valence-electron chi connectivity index (χ0n) is 14.6. The molecule has 1 aromatic carbocycles. The molecule has 0 saturated carbocycles. The van der Waals surface area contributed by atoms with Crippen molar-refractivity contribution in [3.8, 4) is 0 Å². The Morgan fingerprint density at radius 1 is 1.16 bits per heavy atom. The van der Waals surface area contributed by atoms with E-state index in [0.717, 1.165) is 6.26 Å². The van der Waals surface area contributed by atoms with E-state index >= 15 is 0 Å². The first-order valence-corrected chi connectivity index (χ1v) is 10.1. The first-order chi connectivity index (χ1) is 11.6. The molecule has 1 heterocycles. The van der Waals surface area contributed by atoms with Crippen molar-refractivity contribution in [3.05, 3.63) is 35.4 Å². The summed E-state index contributed by atoms with van der Waals surface area (Å²) in [5, 5.41) is 0. The van der Waals surface area contributed by atoms with Gasteiger partial charge in [-0.3, -0.25) is 4.79 Å². The first-order valence-electron chi connectivity index (χ1n) is 8.01. The normalized spacial score (nSPS) is 21.0. The maximum atomic E-state index is 12.2. The van der Waals surface area contributed by atoms with Crippen molar-refractivity contribution < 1.29 is 27.5 Å². The number of carbonyl (C=O) groups is 2. The molecule has 0 spiro atoms. The lowest BCUT2D eigenvalue weighted by molar-refractivity contribution is -0.146. The van der Waals surface area contributed by atoms with Crippen LogP contribution >= 0.6 is 0 Å². The predicted octanol–water partition coefficient (Wildman–Crippen LogP) is 1.02. The Balaban J connectivity index is 1.88. The molecule has 0 N–H and O–H groups in total. The van der Waals surface area contributed by atoms with E-state index in [-0.39, 0.29) is 36.0 Å². The van der Waals surface area contributed by atoms with Crippen molar-refractivity contribution in [1.82, 2.24) is 4.90 Å². The highest BCUT2D eigenvalue weighted by atomic mass is 32.2. The van der Waals surface area contributed by atoms with Gasteiger partial charge in [-0.1, -0.05) is 12.1 Å². The lowest BCUT2D eigenvalue weighted by atomic mass is 10.1. The fourth-order valence-electron chi connectivity index (χ4n) is 2.72. The largest absolute Gasteiger partial charge is 0.452 e. The number of amides is 1. The zero-order chi connectivity index (χ0) is 18.6. The summed E-state index contributed by atoms with van der Waals surface area (Å²) in [6.07, 6.45) is 1.05. The van der Waals surface area contributed by atoms with Gasteiger partial charge in [-0.2, -0.15) is 0 Å². The molecule has 1 aliphatic heterocycles. The van der Waals surface area contributed by atoms with Gasteiger partial charge in [0.1, 0.15) is 0 Å². The zero-order valence-corrected chi connectivity index (χ0v) is 15.4. The highest BCUT2D eigenvalue weighted by molar-refractivity contribution is 7.89. The SMILES string of the molecule is C[C@@H]1CN(C(=O)COC(=O)c2ccc(CS(C)(=O)=O)cc2)C[C@@H](C)O1. The minimum Gasteiger partial charge on any atom is -0.452 e. The molecule has 138 valence electrons. The summed E-state index contributed by atoms with van der Waals surface area (Å²) in [6.45, 7) is 4.39. The summed E-state index contributed by atoms with van der Waals surface area (Å²) in [5.74, 6) is -0.966. The van der Waals surface area contributed by atoms with Gasteiger partial charge in [0, 0.05) is 19.3 Å². The molecule has 8 heteroatoms. The summed E-state index contributed by atoms with van der Waals surface area (Å²) in [4.78, 5) is 25.8. The highest BCUT2D eigenvalue weighted by Gasteiger charge is 2.26. The second-order valence-corrected chi connectivity index (χ2v) is 8.54. The van der Waals surface area contributed by atoms with Crippen molar-refractivity contribution >= 4 is 21.7 Å². The summed E-state index contributed by atoms with van der Waals surface area (Å²) < 4.78 is 33.1. The van der Waals surface area contributed by atoms with Gasteiger partial charge in [-0.15, -0.1) is 0 Å². The quantitative estimate of drug-likeness (QED) is 0.720. The molecule has 1 saturated heterocycles. The van der Waals surface area contributed by atoms with Gasteiger partial charge in [0.15, 0.2) is 16.4 Å². The molecular weight excluding hydrogens is 346 g/mol. The van der Waals surface area contributed by atoms with Crippen LogP contribution in [0, 0.1) is 0 Å². The van der Waals surface area contributed by atoms with Gasteiger partial charge < -0.3 is 14.4 Å². The summed E-state index contributed by atoms with van der Waals surface area (Å²) >= 11 is 0. The van der Waals surface area contributed by atoms with E-state index in [2.05, 4.69) is 0 Å². The van der Waals surface area contributed by atoms with E-state index in [9.17, 15) is 18.0 Å². The van der Waals surface area contributed by atoms with E-state index in [4.69, 9.17) is 9.47 Å². The molecule has 7 nitrogen and oxygen atoms in total. The maximum Gasteiger partial charge on any atom is 0.338 e. The Morgan fingerprint density at radius 2 is 1.72 bits per heavy atom. The van der Waals surface area contributed by atoms with Crippen molar-refractivity contribution in [2.75, 3.05) is 26.0 Å². The van der Waals surface area contributed by atoms with Gasteiger partial charge in [0.25, 0.3) is 5.91 Å². The van der Waals surface area contributed by atoms with E-state index in [1.165, 1.54) is 12.1 Å². The Morgan fingerprint density at radius 3 is 2.24 bits per heavy atom. The van der Waals surface area contributed by atoms with E-state index in [1.807, 2.05) is 13.8 Å². The first kappa shape index (κ1) is 19.4. The third-order valence-electron chi connectivity index (χ3n) is 3.72. The molecule has 1 aliphatic rings. The van der Waals surface area contributed by atoms with Crippen molar-refractivity contribution in [2.24, 2.45) is 0 Å². The maximum absolute atomic E-state index is 12.2. The van der Waals surface area contributed by atoms with Gasteiger partial charge in [0.2, 0.25) is 0 Å². The molecule has 0 unspecified atom stereocenters. The van der Waals surface area contributed by atoms with Crippen LogP contribution in [0.4, 0.5) is 0 Å². The number of ether oxygens (including phenoxy) is 2. The minimum absolute atomic E-state index is 0.0502. The van der Waals surface area contributed by atoms with Crippen LogP contribution in [0.1, 0.15) is 29.8 Å². The van der Waals surface area contributed by atoms with Crippen molar-refractivity contribution in [2.45, 2.75) is 31.8 Å². The van der Waals surface area contributed by atoms with E-state index in [0.29, 0.717) is 18.7 Å². The van der Waals surface area contributed by atoms with Crippen LogP contribution in [-0.4, -0.2) is 63.4 Å². The Labute approximate surface area is 147 Å². The van der Waals surface area contributed by atoms with Crippen LogP contribution in [-0.2, 0) is 29.9 Å². The number of morpholine rings is 1. The third kappa shape index (κ3) is 6.13. The van der Waals surface area contributed by atoms with Crippen LogP contribution in [0.2, 0.25) is 0 Å². The average Bonchev–Trinajstić information content (AvgIpc) is 2.50. The molecular formula is C17H23NO6S. The van der Waals surface area contributed by atoms with Crippen LogP contribution in [0.3, 0.4) is 0 Å². The number of benzene rings is 1. The van der Waals surface area contributed by atoms with E-state index in [1.54, 1.807) is 17.0 Å². The lowest BCUT2D eigenvalue weighted by Crippen LogP contribution is -2.49. The topological polar surface area (TPSA) is 90.0 Å². The summed E-state index contributed by atoms with van der Waals surface area (Å²) in [6, 6.07) is 6.11. The number of hydrogen-bond donors (Lipinski definition) is 0. The van der Waals surface area contributed by atoms with E-state index < -0.39 is 15.8 Å². The number of nitrogens with zero attached hydrogens (tertiary/aromatic N) is 1. The number of hydrogen-bond acceptors (Lipinski definition) is 6. The molecule has 1 amide bonds. The van der Waals surface area contributed by atoms with Gasteiger partial charge in [-0.25, -0.2) is 13.2 Å². The van der Waals surface area contributed by atoms with Crippen LogP contribution < -0.4 is 0 Å². The van der Waals surface area contributed by atoms with Gasteiger partial charge >= 0.3 is 5.97 Å². The second kappa shape index (κ2) is 7.97. The summed E-state index contributed by atoms with van der Waals surface area (Å²) in [5.41, 5.74) is 0.861. The lowest BCUT2D eigenvalue weighted by Gasteiger charge is -2.35. The molecule has 0 aromatic heterocycles. The number of sulfone groups is 1. The number of rotatable bonds is 5. The number of esters is 1. The van der Waals surface area contributed by atoms with Gasteiger partial charge in [-0.05, 0) is 31.5 Å². The molecule has 1 fully saturated rings. The van der Waals surface area contributed by atoms with Gasteiger partial charge in [0.05, 0.1) is 23.5 Å². The van der Waals surface area contributed by atoms with Crippen molar-refractivity contribution in [3.63, 3.8) is 0 Å². The molecule has 2 atom stereocenters. The molecule has 25 heavy (non-hydrogen) atoms. The van der Waals surface area contributed by atoms with Crippen LogP contribution in [0.25, 0.3) is 0 Å². The molecule has 1 aromatic rings. The van der Waals surface area contributed by atoms with Crippen LogP contribution in [0.15, 0.2) is 24.3 Å². The standard InChI is InChI=1S/C17H23NO6S/c1-12-8-18(9-13(2)24-12)16(19)10-23-17(20)15-6-4-14(5-7-15)11-25(3,21)22/h4-7,12-13H,8-11H2,1-3H3/t12-,13-/m1/s1. The molecule has 0 radical (unpaired) electrons. The second-order valence-electron chi connectivity index (χ2n) is 6.40. The predicted molar refractivity (Wildman–Crippen MR) is 91.9 cm³/mol. The third-order valence-corrected chi connectivity index (χ3v) is 4.58. The molecule has 0 bridgehead atoms. The Bertz CT molecular complexity index is 718. The Kier molecular flexibility index (Phi) is 6.18. The smallest absolute Gasteiger partial charge is 0.338 e. The highest BCUT2D eigenvalue weighted by Crippen LogP contribution is 2.12. The number of carbonyl (C=O) groups excluding carboxylic acids is 2. The van der Waals surface area contributed by atoms with Crippen LogP contribution in [0.5, 0.6) is 0 Å². The summed E-state index contributed by atoms with van der Waals surface area (Å²) in [7, 11) is -3.13. The Hall–Kier alpha value is -1.93. The molecule has 0 aliphatic carbocycles. The fraction of sp³-hybridized carbons (Fsp3) is 0.529. The monoisotopic (exact) mass is 369 g/mol. The van der Waals surface area contributed by atoms with Crippen molar-refractivity contribution in [1.29, 1.82) is 0 Å². The average molecular weight is 369 g/mol. The minimum atomic E-state index is -3.13. The molecule has 2 rings (SSSR count). The fourth-order valence-corrected chi connectivity index (χ4v) is 3.52.